The van der Waals surface area contributed by atoms with Gasteiger partial charge in [0, 0.05) is 5.56 Å². The van der Waals surface area contributed by atoms with Gasteiger partial charge in [0.05, 0.1) is 5.41 Å². The lowest BCUT2D eigenvalue weighted by atomic mass is 9.85. The first-order valence-electron chi connectivity index (χ1n) is 10.2. The van der Waals surface area contributed by atoms with Crippen LogP contribution in [0, 0.1) is 5.82 Å². The van der Waals surface area contributed by atoms with E-state index in [4.69, 9.17) is 4.52 Å². The summed E-state index contributed by atoms with van der Waals surface area (Å²) < 4.78 is 18.4. The minimum absolute atomic E-state index is 0.0277. The molecule has 5 nitrogen and oxygen atoms in total. The lowest BCUT2D eigenvalue weighted by Crippen LogP contribution is -2.36. The summed E-state index contributed by atoms with van der Waals surface area (Å²) in [5, 5.41) is 6.97. The molecule has 1 aliphatic rings. The molecule has 0 spiro atoms. The van der Waals surface area contributed by atoms with Gasteiger partial charge in [0.1, 0.15) is 11.9 Å². The zero-order chi connectivity index (χ0) is 21.5. The predicted molar refractivity (Wildman–Crippen MR) is 112 cm³/mol. The summed E-state index contributed by atoms with van der Waals surface area (Å²) in [7, 11) is 0. The van der Waals surface area contributed by atoms with Gasteiger partial charge in [-0.05, 0) is 60.6 Å². The van der Waals surface area contributed by atoms with E-state index >= 15 is 0 Å². The summed E-state index contributed by atoms with van der Waals surface area (Å²) in [5.74, 6) is 0.333. The van der Waals surface area contributed by atoms with E-state index in [1.165, 1.54) is 17.7 Å². The quantitative estimate of drug-likeness (QED) is 0.640. The molecule has 1 aromatic heterocycles. The molecule has 0 radical (unpaired) electrons. The molecule has 0 aliphatic heterocycles. The molecule has 4 rings (SSSR count). The third kappa shape index (κ3) is 3.86. The van der Waals surface area contributed by atoms with Crippen LogP contribution in [0.15, 0.2) is 53.1 Å². The zero-order valence-electron chi connectivity index (χ0n) is 17.7. The fourth-order valence-corrected chi connectivity index (χ4v) is 3.58. The molecule has 1 amide bonds. The highest BCUT2D eigenvalue weighted by atomic mass is 19.1. The molecule has 1 N–H and O–H groups in total. The standard InChI is InChI=1S/C24H26FN3O2/c1-15(21-27-20(28-30-21)16-5-11-19(25)12-6-16)26-22(29)24(13-14-24)18-9-7-17(8-10-18)23(2,3)4/h5-12,15H,13-14H2,1-4H3,(H,26,29). The van der Waals surface area contributed by atoms with Crippen LogP contribution in [0.4, 0.5) is 4.39 Å². The molecular formula is C24H26FN3O2. The molecule has 1 unspecified atom stereocenters. The van der Waals surface area contributed by atoms with Gasteiger partial charge in [-0.25, -0.2) is 4.39 Å². The highest BCUT2D eigenvalue weighted by molar-refractivity contribution is 5.91. The van der Waals surface area contributed by atoms with Crippen LogP contribution in [0.5, 0.6) is 0 Å². The topological polar surface area (TPSA) is 68.0 Å². The third-order valence-corrected chi connectivity index (χ3v) is 5.75. The summed E-state index contributed by atoms with van der Waals surface area (Å²) in [4.78, 5) is 17.4. The second-order valence-electron chi connectivity index (χ2n) is 9.07. The summed E-state index contributed by atoms with van der Waals surface area (Å²) in [6.07, 6.45) is 1.65. The molecule has 1 atom stereocenters. The molecule has 1 heterocycles. The van der Waals surface area contributed by atoms with Gasteiger partial charge >= 0.3 is 0 Å². The first-order chi connectivity index (χ1) is 14.2. The SMILES string of the molecule is CC(NC(=O)C1(c2ccc(C(C)(C)C)cc2)CC1)c1nc(-c2ccc(F)cc2)no1. The Balaban J connectivity index is 1.46. The number of hydrogen-bond donors (Lipinski definition) is 1. The van der Waals surface area contributed by atoms with E-state index in [0.717, 1.165) is 18.4 Å². The number of halogens is 1. The third-order valence-electron chi connectivity index (χ3n) is 5.75. The monoisotopic (exact) mass is 407 g/mol. The van der Waals surface area contributed by atoms with E-state index < -0.39 is 11.5 Å². The van der Waals surface area contributed by atoms with Crippen LogP contribution < -0.4 is 5.32 Å². The van der Waals surface area contributed by atoms with E-state index in [1.807, 2.05) is 6.92 Å². The zero-order valence-corrected chi connectivity index (χ0v) is 17.7. The number of carbonyl (C=O) groups excluding carboxylic acids is 1. The molecule has 0 saturated heterocycles. The van der Waals surface area contributed by atoms with E-state index in [9.17, 15) is 9.18 Å². The molecule has 1 fully saturated rings. The molecular weight excluding hydrogens is 381 g/mol. The molecule has 1 aliphatic carbocycles. The molecule has 1 saturated carbocycles. The Morgan fingerprint density at radius 3 is 2.30 bits per heavy atom. The first-order valence-corrected chi connectivity index (χ1v) is 10.2. The van der Waals surface area contributed by atoms with Gasteiger partial charge in [-0.1, -0.05) is 50.2 Å². The highest BCUT2D eigenvalue weighted by Crippen LogP contribution is 2.49. The van der Waals surface area contributed by atoms with E-state index in [1.54, 1.807) is 12.1 Å². The smallest absolute Gasteiger partial charge is 0.249 e. The van der Waals surface area contributed by atoms with Crippen LogP contribution in [0.25, 0.3) is 11.4 Å². The van der Waals surface area contributed by atoms with Gasteiger partial charge in [-0.2, -0.15) is 4.98 Å². The van der Waals surface area contributed by atoms with Gasteiger partial charge in [0.25, 0.3) is 0 Å². The van der Waals surface area contributed by atoms with E-state index in [2.05, 4.69) is 60.5 Å². The first kappa shape index (κ1) is 20.3. The van der Waals surface area contributed by atoms with Crippen LogP contribution in [0.3, 0.4) is 0 Å². The Labute approximate surface area is 175 Å². The maximum absolute atomic E-state index is 13.1. The Kier molecular flexibility index (Phi) is 4.96. The van der Waals surface area contributed by atoms with Gasteiger partial charge in [-0.15, -0.1) is 0 Å². The number of amides is 1. The second kappa shape index (κ2) is 7.35. The van der Waals surface area contributed by atoms with Crippen LogP contribution in [-0.4, -0.2) is 16.0 Å². The van der Waals surface area contributed by atoms with Crippen molar-refractivity contribution >= 4 is 5.91 Å². The second-order valence-corrected chi connectivity index (χ2v) is 9.07. The van der Waals surface area contributed by atoms with Crippen molar-refractivity contribution in [2.24, 2.45) is 0 Å². The van der Waals surface area contributed by atoms with Gasteiger partial charge in [-0.3, -0.25) is 4.79 Å². The van der Waals surface area contributed by atoms with Gasteiger partial charge in [0.15, 0.2) is 0 Å². The average molecular weight is 407 g/mol. The average Bonchev–Trinajstić information content (AvgIpc) is 3.38. The summed E-state index contributed by atoms with van der Waals surface area (Å²) in [6, 6.07) is 13.8. The maximum atomic E-state index is 13.1. The van der Waals surface area contributed by atoms with Crippen LogP contribution in [0.2, 0.25) is 0 Å². The van der Waals surface area contributed by atoms with Crippen molar-refractivity contribution in [3.05, 3.63) is 71.4 Å². The lowest BCUT2D eigenvalue weighted by Gasteiger charge is -2.22. The fourth-order valence-electron chi connectivity index (χ4n) is 3.58. The number of rotatable bonds is 5. The Bertz CT molecular complexity index is 1050. The number of aromatic nitrogens is 2. The number of hydrogen-bond acceptors (Lipinski definition) is 4. The van der Waals surface area contributed by atoms with Crippen molar-refractivity contribution in [1.29, 1.82) is 0 Å². The molecule has 6 heteroatoms. The lowest BCUT2D eigenvalue weighted by molar-refractivity contribution is -0.124. The van der Waals surface area contributed by atoms with Crippen molar-refractivity contribution in [2.45, 2.75) is 57.4 Å². The molecule has 2 aromatic carbocycles. The van der Waals surface area contributed by atoms with Gasteiger partial charge < -0.3 is 9.84 Å². The molecule has 3 aromatic rings. The van der Waals surface area contributed by atoms with E-state index in [0.29, 0.717) is 17.3 Å². The maximum Gasteiger partial charge on any atom is 0.249 e. The van der Waals surface area contributed by atoms with Crippen molar-refractivity contribution < 1.29 is 13.7 Å². The van der Waals surface area contributed by atoms with Crippen molar-refractivity contribution in [3.63, 3.8) is 0 Å². The number of nitrogens with zero attached hydrogens (tertiary/aromatic N) is 2. The largest absolute Gasteiger partial charge is 0.344 e. The van der Waals surface area contributed by atoms with Crippen LogP contribution in [0.1, 0.15) is 63.6 Å². The molecule has 0 bridgehead atoms. The Hall–Kier alpha value is -3.02. The summed E-state index contributed by atoms with van der Waals surface area (Å²) in [6.45, 7) is 8.34. The van der Waals surface area contributed by atoms with Crippen molar-refractivity contribution in [2.75, 3.05) is 0 Å². The highest BCUT2D eigenvalue weighted by Gasteiger charge is 2.51. The van der Waals surface area contributed by atoms with Gasteiger partial charge in [0.2, 0.25) is 17.6 Å². The number of benzene rings is 2. The van der Waals surface area contributed by atoms with Crippen LogP contribution in [-0.2, 0) is 15.6 Å². The van der Waals surface area contributed by atoms with Crippen molar-refractivity contribution in [1.82, 2.24) is 15.5 Å². The fraction of sp³-hybridized carbons (Fsp3) is 0.375. The Morgan fingerprint density at radius 1 is 1.10 bits per heavy atom. The minimum atomic E-state index is -0.482. The summed E-state index contributed by atoms with van der Waals surface area (Å²) >= 11 is 0. The predicted octanol–water partition coefficient (Wildman–Crippen LogP) is 5.08. The normalized spacial score (nSPS) is 16.2. The van der Waals surface area contributed by atoms with Crippen molar-refractivity contribution in [3.8, 4) is 11.4 Å². The molecule has 156 valence electrons. The minimum Gasteiger partial charge on any atom is -0.344 e. The number of nitrogens with one attached hydrogen (secondary N) is 1. The molecule has 30 heavy (non-hydrogen) atoms. The Morgan fingerprint density at radius 2 is 1.73 bits per heavy atom. The summed E-state index contributed by atoms with van der Waals surface area (Å²) in [5.41, 5.74) is 2.53. The number of carbonyl (C=O) groups is 1. The van der Waals surface area contributed by atoms with E-state index in [-0.39, 0.29) is 17.1 Å². The van der Waals surface area contributed by atoms with Crippen LogP contribution >= 0.6 is 0 Å².